The van der Waals surface area contributed by atoms with Crippen LogP contribution in [0, 0.1) is 5.41 Å². The van der Waals surface area contributed by atoms with Crippen LogP contribution in [0.4, 0.5) is 0 Å². The summed E-state index contributed by atoms with van der Waals surface area (Å²) in [6, 6.07) is 0.802. The van der Waals surface area contributed by atoms with Gasteiger partial charge < -0.3 is 19.7 Å². The highest BCUT2D eigenvalue weighted by atomic mass is 16.5. The van der Waals surface area contributed by atoms with Crippen molar-refractivity contribution in [3.8, 4) is 0 Å². The van der Waals surface area contributed by atoms with Gasteiger partial charge in [0.1, 0.15) is 0 Å². The number of hydrogen-bond donors (Lipinski definition) is 1. The molecule has 3 rings (SSSR count). The van der Waals surface area contributed by atoms with Crippen molar-refractivity contribution in [1.82, 2.24) is 10.2 Å². The maximum atomic E-state index is 5.75. The molecule has 0 bridgehead atoms. The summed E-state index contributed by atoms with van der Waals surface area (Å²) in [6.45, 7) is 9.56. The number of likely N-dealkylation sites (tertiary alicyclic amines) is 1. The van der Waals surface area contributed by atoms with Crippen molar-refractivity contribution >= 4 is 0 Å². The topological polar surface area (TPSA) is 33.7 Å². The van der Waals surface area contributed by atoms with E-state index in [1.807, 2.05) is 0 Å². The Bertz CT molecular complexity index is 293. The van der Waals surface area contributed by atoms with Gasteiger partial charge in [-0.3, -0.25) is 0 Å². The minimum absolute atomic E-state index is 0.362. The van der Waals surface area contributed by atoms with Gasteiger partial charge in [-0.25, -0.2) is 0 Å². The highest BCUT2D eigenvalue weighted by Gasteiger charge is 2.38. The molecule has 0 radical (unpaired) electrons. The van der Waals surface area contributed by atoms with E-state index in [1.165, 1.54) is 51.7 Å². The van der Waals surface area contributed by atoms with Crippen molar-refractivity contribution in [3.63, 3.8) is 0 Å². The molecule has 0 aromatic rings. The van der Waals surface area contributed by atoms with E-state index in [2.05, 4.69) is 17.1 Å². The van der Waals surface area contributed by atoms with Crippen molar-refractivity contribution in [2.24, 2.45) is 5.41 Å². The minimum Gasteiger partial charge on any atom is -0.381 e. The number of hydrogen-bond acceptors (Lipinski definition) is 4. The molecule has 1 unspecified atom stereocenters. The first kappa shape index (κ1) is 14.8. The molecule has 2 aliphatic heterocycles. The van der Waals surface area contributed by atoms with Gasteiger partial charge in [-0.05, 0) is 39.0 Å². The van der Waals surface area contributed by atoms with Crippen molar-refractivity contribution in [3.05, 3.63) is 0 Å². The standard InChI is InChI=1S/C16H30N2O2/c1-2-20-15-5-8-18(9-6-15)12-16(7-10-19-13-16)11-17-14-3-4-14/h14-15,17H,2-13H2,1H3. The first-order valence-corrected chi connectivity index (χ1v) is 8.45. The molecule has 3 fully saturated rings. The smallest absolute Gasteiger partial charge is 0.0599 e. The Morgan fingerprint density at radius 3 is 2.65 bits per heavy atom. The van der Waals surface area contributed by atoms with Crippen molar-refractivity contribution in [2.45, 2.75) is 51.2 Å². The second-order valence-corrected chi connectivity index (χ2v) is 6.89. The number of rotatable bonds is 7. The summed E-state index contributed by atoms with van der Waals surface area (Å²) in [5, 5.41) is 3.73. The summed E-state index contributed by atoms with van der Waals surface area (Å²) in [6.07, 6.45) is 6.85. The van der Waals surface area contributed by atoms with Crippen molar-refractivity contribution in [2.75, 3.05) is 46.0 Å². The first-order valence-electron chi connectivity index (χ1n) is 8.45. The van der Waals surface area contributed by atoms with Crippen LogP contribution in [0.2, 0.25) is 0 Å². The molecular formula is C16H30N2O2. The predicted molar refractivity (Wildman–Crippen MR) is 80.0 cm³/mol. The normalized spacial score (nSPS) is 32.9. The summed E-state index contributed by atoms with van der Waals surface area (Å²) in [5.74, 6) is 0. The Balaban J connectivity index is 1.46. The van der Waals surface area contributed by atoms with E-state index in [4.69, 9.17) is 9.47 Å². The molecule has 0 aromatic heterocycles. The van der Waals surface area contributed by atoms with E-state index < -0.39 is 0 Å². The van der Waals surface area contributed by atoms with E-state index in [0.717, 1.165) is 32.4 Å². The highest BCUT2D eigenvalue weighted by Crippen LogP contribution is 2.32. The van der Waals surface area contributed by atoms with Crippen LogP contribution in [0.1, 0.15) is 39.0 Å². The van der Waals surface area contributed by atoms with E-state index in [0.29, 0.717) is 11.5 Å². The molecule has 0 aromatic carbocycles. The van der Waals surface area contributed by atoms with Gasteiger partial charge in [0.05, 0.1) is 12.7 Å². The average molecular weight is 282 g/mol. The Kier molecular flexibility index (Phi) is 4.97. The van der Waals surface area contributed by atoms with Crippen LogP contribution in [0.25, 0.3) is 0 Å². The van der Waals surface area contributed by atoms with Crippen LogP contribution >= 0.6 is 0 Å². The fourth-order valence-corrected chi connectivity index (χ4v) is 3.56. The van der Waals surface area contributed by atoms with Crippen LogP contribution in [-0.2, 0) is 9.47 Å². The zero-order valence-corrected chi connectivity index (χ0v) is 12.9. The third kappa shape index (κ3) is 3.94. The third-order valence-electron chi connectivity index (χ3n) is 5.02. The molecule has 2 heterocycles. The Morgan fingerprint density at radius 2 is 2.05 bits per heavy atom. The molecule has 2 saturated heterocycles. The van der Waals surface area contributed by atoms with Gasteiger partial charge in [-0.15, -0.1) is 0 Å². The van der Waals surface area contributed by atoms with Crippen LogP contribution in [0.5, 0.6) is 0 Å². The molecule has 1 N–H and O–H groups in total. The maximum absolute atomic E-state index is 5.75. The number of piperidine rings is 1. The molecule has 3 aliphatic rings. The van der Waals surface area contributed by atoms with Crippen LogP contribution in [-0.4, -0.2) is 63.0 Å². The Morgan fingerprint density at radius 1 is 1.25 bits per heavy atom. The first-order chi connectivity index (χ1) is 9.80. The molecule has 1 saturated carbocycles. The molecule has 4 heteroatoms. The summed E-state index contributed by atoms with van der Waals surface area (Å²) in [7, 11) is 0. The molecular weight excluding hydrogens is 252 g/mol. The number of ether oxygens (including phenoxy) is 2. The van der Waals surface area contributed by atoms with E-state index in [1.54, 1.807) is 0 Å². The second-order valence-electron chi connectivity index (χ2n) is 6.89. The van der Waals surface area contributed by atoms with Crippen LogP contribution in [0.15, 0.2) is 0 Å². The van der Waals surface area contributed by atoms with Crippen LogP contribution in [0.3, 0.4) is 0 Å². The zero-order valence-electron chi connectivity index (χ0n) is 12.9. The molecule has 116 valence electrons. The van der Waals surface area contributed by atoms with E-state index in [9.17, 15) is 0 Å². The van der Waals surface area contributed by atoms with Gasteiger partial charge in [0.25, 0.3) is 0 Å². The molecule has 20 heavy (non-hydrogen) atoms. The fourth-order valence-electron chi connectivity index (χ4n) is 3.56. The van der Waals surface area contributed by atoms with Gasteiger partial charge in [0.2, 0.25) is 0 Å². The number of nitrogens with one attached hydrogen (secondary N) is 1. The monoisotopic (exact) mass is 282 g/mol. The largest absolute Gasteiger partial charge is 0.381 e. The third-order valence-corrected chi connectivity index (χ3v) is 5.02. The van der Waals surface area contributed by atoms with Gasteiger partial charge in [-0.1, -0.05) is 0 Å². The lowest BCUT2D eigenvalue weighted by molar-refractivity contribution is 0.00254. The summed E-state index contributed by atoms with van der Waals surface area (Å²) >= 11 is 0. The Labute approximate surface area is 123 Å². The molecule has 0 spiro atoms. The van der Waals surface area contributed by atoms with Gasteiger partial charge in [-0.2, -0.15) is 0 Å². The van der Waals surface area contributed by atoms with Crippen molar-refractivity contribution in [1.29, 1.82) is 0 Å². The lowest BCUT2D eigenvalue weighted by atomic mass is 9.85. The second kappa shape index (κ2) is 6.73. The van der Waals surface area contributed by atoms with Gasteiger partial charge in [0.15, 0.2) is 0 Å². The quantitative estimate of drug-likeness (QED) is 0.770. The highest BCUT2D eigenvalue weighted by molar-refractivity contribution is 4.92. The molecule has 4 nitrogen and oxygen atoms in total. The molecule has 0 amide bonds. The van der Waals surface area contributed by atoms with Crippen LogP contribution < -0.4 is 5.32 Å². The van der Waals surface area contributed by atoms with E-state index in [-0.39, 0.29) is 0 Å². The number of nitrogens with zero attached hydrogens (tertiary/aromatic N) is 1. The van der Waals surface area contributed by atoms with E-state index >= 15 is 0 Å². The van der Waals surface area contributed by atoms with Gasteiger partial charge in [0, 0.05) is 50.8 Å². The predicted octanol–water partition coefficient (Wildman–Crippen LogP) is 1.65. The van der Waals surface area contributed by atoms with Gasteiger partial charge >= 0.3 is 0 Å². The SMILES string of the molecule is CCOC1CCN(CC2(CNC3CC3)CCOC2)CC1. The summed E-state index contributed by atoms with van der Waals surface area (Å²) in [4.78, 5) is 2.64. The summed E-state index contributed by atoms with van der Waals surface area (Å²) in [5.41, 5.74) is 0.362. The van der Waals surface area contributed by atoms with Crippen molar-refractivity contribution < 1.29 is 9.47 Å². The molecule has 1 aliphatic carbocycles. The average Bonchev–Trinajstić information content (AvgIpc) is 3.19. The fraction of sp³-hybridized carbons (Fsp3) is 1.00. The summed E-state index contributed by atoms with van der Waals surface area (Å²) < 4.78 is 11.5. The minimum atomic E-state index is 0.362. The lowest BCUT2D eigenvalue weighted by Crippen LogP contribution is -2.48. The molecule has 1 atom stereocenters. The Hall–Kier alpha value is -0.160. The maximum Gasteiger partial charge on any atom is 0.0599 e. The zero-order chi connectivity index (χ0) is 13.8. The lowest BCUT2D eigenvalue weighted by Gasteiger charge is -2.38.